The predicted molar refractivity (Wildman–Crippen MR) is 38.6 cm³/mol. The first-order valence-corrected chi connectivity index (χ1v) is 2.78. The van der Waals surface area contributed by atoms with Gasteiger partial charge in [-0.25, -0.2) is 9.97 Å². The summed E-state index contributed by atoms with van der Waals surface area (Å²) >= 11 is 0. The summed E-state index contributed by atoms with van der Waals surface area (Å²) in [4.78, 5) is 14.4. The maximum absolute atomic E-state index is 5.31. The van der Waals surface area contributed by atoms with Crippen LogP contribution in [0.25, 0.3) is 11.2 Å². The zero-order valence-corrected chi connectivity index (χ0v) is 5.48. The Morgan fingerprint density at radius 2 is 2.18 bits per heavy atom. The minimum absolute atomic E-state index is 0. The van der Waals surface area contributed by atoms with Crippen molar-refractivity contribution in [1.29, 1.82) is 0 Å². The van der Waals surface area contributed by atoms with Crippen LogP contribution in [0.5, 0.6) is 0 Å². The Labute approximate surface area is 61.0 Å². The number of hydrogen-bond donors (Lipinski definition) is 2. The highest BCUT2D eigenvalue weighted by atomic mass is 19.0. The number of rotatable bonds is 0. The highest BCUT2D eigenvalue weighted by Gasteiger charge is 1.95. The van der Waals surface area contributed by atoms with Gasteiger partial charge < -0.3 is 10.7 Å². The fourth-order valence-corrected chi connectivity index (χ4v) is 0.749. The molecule has 6 heteroatoms. The SMILES string of the molecule is F.Nc1ncc2[nH]cnc2n1. The van der Waals surface area contributed by atoms with Crippen LogP contribution in [0.1, 0.15) is 0 Å². The topological polar surface area (TPSA) is 80.5 Å². The van der Waals surface area contributed by atoms with Crippen molar-refractivity contribution in [2.45, 2.75) is 0 Å². The van der Waals surface area contributed by atoms with Gasteiger partial charge in [-0.15, -0.1) is 0 Å². The third-order valence-electron chi connectivity index (χ3n) is 1.19. The molecule has 0 saturated heterocycles. The molecule has 0 atom stereocenters. The minimum atomic E-state index is 0. The molecule has 2 aromatic heterocycles. The number of aromatic amines is 1. The second-order valence-corrected chi connectivity index (χ2v) is 1.87. The van der Waals surface area contributed by atoms with Crippen LogP contribution < -0.4 is 5.73 Å². The Hall–Kier alpha value is -1.72. The van der Waals surface area contributed by atoms with E-state index in [0.29, 0.717) is 5.65 Å². The quantitative estimate of drug-likeness (QED) is 0.564. The molecule has 0 aromatic carbocycles. The molecule has 11 heavy (non-hydrogen) atoms. The zero-order valence-electron chi connectivity index (χ0n) is 5.48. The maximum Gasteiger partial charge on any atom is 0.222 e. The highest BCUT2D eigenvalue weighted by molar-refractivity contribution is 5.69. The average molecular weight is 155 g/mol. The van der Waals surface area contributed by atoms with E-state index in [4.69, 9.17) is 5.73 Å². The summed E-state index contributed by atoms with van der Waals surface area (Å²) in [7, 11) is 0. The van der Waals surface area contributed by atoms with Gasteiger partial charge in [-0.1, -0.05) is 0 Å². The van der Waals surface area contributed by atoms with E-state index < -0.39 is 0 Å². The second-order valence-electron chi connectivity index (χ2n) is 1.87. The fourth-order valence-electron chi connectivity index (χ4n) is 0.749. The molecule has 0 aliphatic carbocycles. The van der Waals surface area contributed by atoms with Crippen LogP contribution in [0, 0.1) is 0 Å². The van der Waals surface area contributed by atoms with E-state index in [1.165, 1.54) is 0 Å². The van der Waals surface area contributed by atoms with E-state index in [2.05, 4.69) is 19.9 Å². The molecule has 58 valence electrons. The molecule has 0 radical (unpaired) electrons. The number of nitrogen functional groups attached to an aromatic ring is 1. The van der Waals surface area contributed by atoms with Crippen LogP contribution in [0.2, 0.25) is 0 Å². The lowest BCUT2D eigenvalue weighted by Crippen LogP contribution is -1.93. The third-order valence-corrected chi connectivity index (χ3v) is 1.19. The Morgan fingerprint density at radius 1 is 1.36 bits per heavy atom. The number of fused-ring (bicyclic) bond motifs is 1. The van der Waals surface area contributed by atoms with E-state index in [1.54, 1.807) is 12.5 Å². The molecule has 0 unspecified atom stereocenters. The molecule has 5 nitrogen and oxygen atoms in total. The van der Waals surface area contributed by atoms with E-state index in [-0.39, 0.29) is 10.7 Å². The van der Waals surface area contributed by atoms with E-state index in [9.17, 15) is 0 Å². The molecule has 3 N–H and O–H groups in total. The van der Waals surface area contributed by atoms with E-state index >= 15 is 0 Å². The van der Waals surface area contributed by atoms with Gasteiger partial charge in [-0.05, 0) is 0 Å². The molecule has 0 aliphatic rings. The maximum atomic E-state index is 5.31. The zero-order chi connectivity index (χ0) is 6.97. The number of nitrogens with one attached hydrogen (secondary N) is 1. The molecule has 0 spiro atoms. The summed E-state index contributed by atoms with van der Waals surface area (Å²) in [5.41, 5.74) is 6.71. The number of anilines is 1. The van der Waals surface area contributed by atoms with Gasteiger partial charge in [0.25, 0.3) is 0 Å². The number of hydrogen-bond acceptors (Lipinski definition) is 4. The van der Waals surface area contributed by atoms with Crippen molar-refractivity contribution in [3.8, 4) is 0 Å². The molecule has 0 saturated carbocycles. The number of nitrogens with zero attached hydrogens (tertiary/aromatic N) is 3. The number of imidazole rings is 1. The largest absolute Gasteiger partial charge is 0.368 e. The third kappa shape index (κ3) is 1.09. The van der Waals surface area contributed by atoms with Gasteiger partial charge in [-0.3, -0.25) is 4.70 Å². The molecule has 2 rings (SSSR count). The molecule has 2 heterocycles. The number of halogens is 1. The lowest BCUT2D eigenvalue weighted by atomic mass is 10.6. The standard InChI is InChI=1S/C5H5N5.FH/c6-5-7-1-3-4(10-5)9-2-8-3;/h1-2H,(H3,6,7,8,9,10);1H. The first kappa shape index (κ1) is 7.39. The van der Waals surface area contributed by atoms with Crippen molar-refractivity contribution in [1.82, 2.24) is 19.9 Å². The molecule has 0 bridgehead atoms. The van der Waals surface area contributed by atoms with Crippen LogP contribution in [0.3, 0.4) is 0 Å². The second kappa shape index (κ2) is 2.49. The van der Waals surface area contributed by atoms with Gasteiger partial charge in [0, 0.05) is 0 Å². The smallest absolute Gasteiger partial charge is 0.222 e. The van der Waals surface area contributed by atoms with Gasteiger partial charge in [-0.2, -0.15) is 4.98 Å². The van der Waals surface area contributed by atoms with Crippen molar-refractivity contribution >= 4 is 17.1 Å². The highest BCUT2D eigenvalue weighted by Crippen LogP contribution is 2.03. The Morgan fingerprint density at radius 3 is 3.00 bits per heavy atom. The number of nitrogens with two attached hydrogens (primary N) is 1. The summed E-state index contributed by atoms with van der Waals surface area (Å²) in [6, 6.07) is 0. The van der Waals surface area contributed by atoms with Gasteiger partial charge in [0.1, 0.15) is 5.52 Å². The first-order valence-electron chi connectivity index (χ1n) is 2.78. The molecule has 0 fully saturated rings. The molecular formula is C5H6FN5. The van der Waals surface area contributed by atoms with Crippen LogP contribution in [-0.4, -0.2) is 19.9 Å². The van der Waals surface area contributed by atoms with E-state index in [1.807, 2.05) is 0 Å². The monoisotopic (exact) mass is 155 g/mol. The Bertz CT molecular complexity index is 356. The minimum Gasteiger partial charge on any atom is -0.368 e. The summed E-state index contributed by atoms with van der Waals surface area (Å²) in [6.07, 6.45) is 3.16. The predicted octanol–water partition coefficient (Wildman–Crippen LogP) is 0.0876. The summed E-state index contributed by atoms with van der Waals surface area (Å²) in [6.45, 7) is 0. The Balaban J connectivity index is 0.000000605. The lowest BCUT2D eigenvalue weighted by molar-refractivity contribution is 1.11. The molecule has 0 aliphatic heterocycles. The number of H-pyrrole nitrogens is 1. The fraction of sp³-hybridized carbons (Fsp3) is 0. The average Bonchev–Trinajstić information content (AvgIpc) is 2.33. The Kier molecular flexibility index (Phi) is 1.67. The molecular weight excluding hydrogens is 149 g/mol. The summed E-state index contributed by atoms with van der Waals surface area (Å²) < 4.78 is 0. The summed E-state index contributed by atoms with van der Waals surface area (Å²) in [5, 5.41) is 0. The first-order chi connectivity index (χ1) is 4.86. The molecule has 2 aromatic rings. The van der Waals surface area contributed by atoms with Gasteiger partial charge in [0.2, 0.25) is 5.95 Å². The van der Waals surface area contributed by atoms with Gasteiger partial charge in [0.05, 0.1) is 12.5 Å². The van der Waals surface area contributed by atoms with Crippen LogP contribution in [-0.2, 0) is 0 Å². The van der Waals surface area contributed by atoms with Crippen molar-refractivity contribution in [2.75, 3.05) is 5.73 Å². The van der Waals surface area contributed by atoms with Crippen molar-refractivity contribution in [2.24, 2.45) is 0 Å². The summed E-state index contributed by atoms with van der Waals surface area (Å²) in [5.74, 6) is 0.250. The van der Waals surface area contributed by atoms with Crippen LogP contribution in [0.15, 0.2) is 12.5 Å². The van der Waals surface area contributed by atoms with Crippen LogP contribution in [0.4, 0.5) is 10.7 Å². The molecule has 0 amide bonds. The van der Waals surface area contributed by atoms with Crippen molar-refractivity contribution < 1.29 is 4.70 Å². The number of aromatic nitrogens is 4. The van der Waals surface area contributed by atoms with Crippen LogP contribution >= 0.6 is 0 Å². The van der Waals surface area contributed by atoms with Crippen molar-refractivity contribution in [3.63, 3.8) is 0 Å². The normalized spacial score (nSPS) is 9.45. The van der Waals surface area contributed by atoms with Gasteiger partial charge in [0.15, 0.2) is 5.65 Å². The van der Waals surface area contributed by atoms with Crippen molar-refractivity contribution in [3.05, 3.63) is 12.5 Å². The lowest BCUT2D eigenvalue weighted by Gasteiger charge is -1.87. The van der Waals surface area contributed by atoms with Gasteiger partial charge >= 0.3 is 0 Å². The van der Waals surface area contributed by atoms with E-state index in [0.717, 1.165) is 5.52 Å².